The van der Waals surface area contributed by atoms with E-state index in [0.717, 1.165) is 34.2 Å². The molecule has 0 fully saturated rings. The smallest absolute Gasteiger partial charge is 0.0848 e. The lowest BCUT2D eigenvalue weighted by molar-refractivity contribution is 0.551. The van der Waals surface area contributed by atoms with Crippen molar-refractivity contribution in [3.05, 3.63) is 45.2 Å². The van der Waals surface area contributed by atoms with Gasteiger partial charge in [0.25, 0.3) is 0 Å². The molecule has 1 N–H and O–H groups in total. The van der Waals surface area contributed by atoms with Crippen LogP contribution >= 0.6 is 23.2 Å². The number of aromatic nitrogens is 2. The second-order valence-electron chi connectivity index (χ2n) is 5.66. The normalized spacial score (nSPS) is 11.4. The van der Waals surface area contributed by atoms with Gasteiger partial charge in [0.05, 0.1) is 22.1 Å². The van der Waals surface area contributed by atoms with E-state index < -0.39 is 0 Å². The molecule has 0 spiro atoms. The summed E-state index contributed by atoms with van der Waals surface area (Å²) in [6.07, 6.45) is 0. The molecular weight excluding hydrogens is 305 g/mol. The maximum atomic E-state index is 6.38. The lowest BCUT2D eigenvalue weighted by atomic mass is 10.1. The lowest BCUT2D eigenvalue weighted by Crippen LogP contribution is -2.20. The van der Waals surface area contributed by atoms with Crippen LogP contribution in [0.3, 0.4) is 0 Å². The zero-order valence-electron chi connectivity index (χ0n) is 12.9. The average Bonchev–Trinajstić information content (AvgIpc) is 2.68. The van der Waals surface area contributed by atoms with Gasteiger partial charge in [0.1, 0.15) is 0 Å². The highest BCUT2D eigenvalue weighted by Gasteiger charge is 2.15. The third-order valence-corrected chi connectivity index (χ3v) is 4.28. The molecule has 3 nitrogen and oxygen atoms in total. The molecule has 114 valence electrons. The summed E-state index contributed by atoms with van der Waals surface area (Å²) in [6.45, 7) is 9.90. The number of nitrogens with zero attached hydrogens (tertiary/aromatic N) is 2. The van der Waals surface area contributed by atoms with E-state index >= 15 is 0 Å². The zero-order chi connectivity index (χ0) is 15.6. The topological polar surface area (TPSA) is 29.9 Å². The van der Waals surface area contributed by atoms with Crippen molar-refractivity contribution in [3.63, 3.8) is 0 Å². The van der Waals surface area contributed by atoms with Gasteiger partial charge in [-0.15, -0.1) is 0 Å². The first-order valence-corrected chi connectivity index (χ1v) is 7.87. The predicted octanol–water partition coefficient (Wildman–Crippen LogP) is 4.54. The molecule has 0 radical (unpaired) electrons. The molecule has 0 atom stereocenters. The van der Waals surface area contributed by atoms with Crippen LogP contribution in [0.1, 0.15) is 30.8 Å². The van der Waals surface area contributed by atoms with Gasteiger partial charge in [-0.1, -0.05) is 43.1 Å². The number of aryl methyl sites for hydroxylation is 1. The molecule has 0 aliphatic carbocycles. The fourth-order valence-electron chi connectivity index (χ4n) is 2.26. The third-order valence-electron chi connectivity index (χ3n) is 3.38. The summed E-state index contributed by atoms with van der Waals surface area (Å²) in [7, 11) is 0. The molecule has 0 unspecified atom stereocenters. The van der Waals surface area contributed by atoms with Crippen molar-refractivity contribution in [1.82, 2.24) is 15.1 Å². The summed E-state index contributed by atoms with van der Waals surface area (Å²) in [5.41, 5.74) is 3.78. The van der Waals surface area contributed by atoms with E-state index in [1.165, 1.54) is 0 Å². The van der Waals surface area contributed by atoms with E-state index in [1.54, 1.807) is 0 Å². The molecule has 2 aromatic rings. The molecule has 2 rings (SSSR count). The van der Waals surface area contributed by atoms with Crippen molar-refractivity contribution in [2.75, 3.05) is 6.54 Å². The van der Waals surface area contributed by atoms with Crippen LogP contribution in [0.2, 0.25) is 10.0 Å². The molecule has 0 bridgehead atoms. The predicted molar refractivity (Wildman–Crippen MR) is 89.6 cm³/mol. The van der Waals surface area contributed by atoms with Crippen LogP contribution in [-0.2, 0) is 6.54 Å². The van der Waals surface area contributed by atoms with Gasteiger partial charge in [-0.3, -0.25) is 0 Å². The number of rotatable bonds is 5. The Kier molecular flexibility index (Phi) is 5.31. The summed E-state index contributed by atoms with van der Waals surface area (Å²) < 4.78 is 1.87. The van der Waals surface area contributed by atoms with E-state index in [-0.39, 0.29) is 0 Å². The molecule has 0 saturated heterocycles. The van der Waals surface area contributed by atoms with Crippen LogP contribution < -0.4 is 5.32 Å². The second kappa shape index (κ2) is 6.82. The van der Waals surface area contributed by atoms with Crippen molar-refractivity contribution < 1.29 is 0 Å². The van der Waals surface area contributed by atoms with Crippen molar-refractivity contribution in [2.45, 2.75) is 34.2 Å². The zero-order valence-corrected chi connectivity index (χ0v) is 14.4. The van der Waals surface area contributed by atoms with Gasteiger partial charge < -0.3 is 5.32 Å². The molecule has 0 aliphatic heterocycles. The fraction of sp³-hybridized carbons (Fsp3) is 0.438. The molecule has 0 amide bonds. The SMILES string of the molecule is Cc1nn(-c2cccc(Cl)c2CNCC(C)C)c(C)c1Cl. The van der Waals surface area contributed by atoms with E-state index in [1.807, 2.05) is 36.7 Å². The van der Waals surface area contributed by atoms with Crippen LogP contribution in [0, 0.1) is 19.8 Å². The molecule has 1 aromatic carbocycles. The monoisotopic (exact) mass is 325 g/mol. The largest absolute Gasteiger partial charge is 0.312 e. The summed E-state index contributed by atoms with van der Waals surface area (Å²) in [6, 6.07) is 5.87. The number of benzene rings is 1. The minimum absolute atomic E-state index is 0.596. The Bertz CT molecular complexity index is 633. The van der Waals surface area contributed by atoms with E-state index in [0.29, 0.717) is 17.5 Å². The minimum atomic E-state index is 0.596. The Labute approximate surface area is 136 Å². The standard InChI is InChI=1S/C16H21Cl2N3/c1-10(2)8-19-9-13-14(17)6-5-7-15(13)21-12(4)16(18)11(3)20-21/h5-7,10,19H,8-9H2,1-4H3. The molecule has 0 aliphatic rings. The number of hydrogen-bond donors (Lipinski definition) is 1. The number of hydrogen-bond acceptors (Lipinski definition) is 2. The first-order valence-electron chi connectivity index (χ1n) is 7.12. The number of halogens is 2. The van der Waals surface area contributed by atoms with Crippen molar-refractivity contribution in [3.8, 4) is 5.69 Å². The number of nitrogens with one attached hydrogen (secondary N) is 1. The molecule has 21 heavy (non-hydrogen) atoms. The summed E-state index contributed by atoms with van der Waals surface area (Å²) in [5, 5.41) is 9.41. The molecule has 5 heteroatoms. The molecule has 1 aromatic heterocycles. The van der Waals surface area contributed by atoms with Crippen LogP contribution in [-0.4, -0.2) is 16.3 Å². The Balaban J connectivity index is 2.39. The average molecular weight is 326 g/mol. The van der Waals surface area contributed by atoms with E-state index in [2.05, 4.69) is 24.3 Å². The van der Waals surface area contributed by atoms with E-state index in [4.69, 9.17) is 23.2 Å². The van der Waals surface area contributed by atoms with E-state index in [9.17, 15) is 0 Å². The summed E-state index contributed by atoms with van der Waals surface area (Å²) in [5.74, 6) is 0.596. The van der Waals surface area contributed by atoms with Gasteiger partial charge in [0.2, 0.25) is 0 Å². The van der Waals surface area contributed by atoms with Gasteiger partial charge in [-0.05, 0) is 38.4 Å². The Morgan fingerprint density at radius 2 is 1.95 bits per heavy atom. The molecule has 1 heterocycles. The van der Waals surface area contributed by atoms with Crippen molar-refractivity contribution in [1.29, 1.82) is 0 Å². The Hall–Kier alpha value is -1.03. The van der Waals surface area contributed by atoms with Crippen LogP contribution in [0.25, 0.3) is 5.69 Å². The van der Waals surface area contributed by atoms with Gasteiger partial charge in [0, 0.05) is 17.1 Å². The first kappa shape index (κ1) is 16.3. The van der Waals surface area contributed by atoms with Crippen LogP contribution in [0.15, 0.2) is 18.2 Å². The molecule has 0 saturated carbocycles. The van der Waals surface area contributed by atoms with Crippen LogP contribution in [0.5, 0.6) is 0 Å². The highest BCUT2D eigenvalue weighted by atomic mass is 35.5. The second-order valence-corrected chi connectivity index (χ2v) is 6.44. The Morgan fingerprint density at radius 1 is 1.24 bits per heavy atom. The van der Waals surface area contributed by atoms with Crippen LogP contribution in [0.4, 0.5) is 0 Å². The van der Waals surface area contributed by atoms with Gasteiger partial charge in [0.15, 0.2) is 0 Å². The maximum absolute atomic E-state index is 6.38. The summed E-state index contributed by atoms with van der Waals surface area (Å²) in [4.78, 5) is 0. The van der Waals surface area contributed by atoms with Crippen molar-refractivity contribution in [2.24, 2.45) is 5.92 Å². The maximum Gasteiger partial charge on any atom is 0.0848 e. The molecular formula is C16H21Cl2N3. The van der Waals surface area contributed by atoms with Gasteiger partial charge in [-0.2, -0.15) is 5.10 Å². The fourth-order valence-corrected chi connectivity index (χ4v) is 2.62. The summed E-state index contributed by atoms with van der Waals surface area (Å²) >= 11 is 12.6. The highest BCUT2D eigenvalue weighted by molar-refractivity contribution is 6.32. The third kappa shape index (κ3) is 3.60. The van der Waals surface area contributed by atoms with Gasteiger partial charge >= 0.3 is 0 Å². The quantitative estimate of drug-likeness (QED) is 0.874. The lowest BCUT2D eigenvalue weighted by Gasteiger charge is -2.14. The minimum Gasteiger partial charge on any atom is -0.312 e. The highest BCUT2D eigenvalue weighted by Crippen LogP contribution is 2.27. The van der Waals surface area contributed by atoms with Gasteiger partial charge in [-0.25, -0.2) is 4.68 Å². The Morgan fingerprint density at radius 3 is 2.52 bits per heavy atom. The van der Waals surface area contributed by atoms with Crippen molar-refractivity contribution >= 4 is 23.2 Å². The first-order chi connectivity index (χ1) is 9.91.